The smallest absolute Gasteiger partial charge is 0.251 e. The van der Waals surface area contributed by atoms with Crippen molar-refractivity contribution in [2.75, 3.05) is 19.6 Å². The van der Waals surface area contributed by atoms with Crippen molar-refractivity contribution in [1.29, 1.82) is 0 Å². The third kappa shape index (κ3) is 6.37. The Balaban J connectivity index is 1.54. The van der Waals surface area contributed by atoms with E-state index in [9.17, 15) is 22.0 Å². The fourth-order valence-electron chi connectivity index (χ4n) is 4.29. The maximum absolute atomic E-state index is 13.5. The van der Waals surface area contributed by atoms with Crippen LogP contribution in [0.15, 0.2) is 77.7 Å². The summed E-state index contributed by atoms with van der Waals surface area (Å²) >= 11 is 6.08. The molecule has 1 aliphatic rings. The monoisotopic (exact) mass is 530 g/mol. The molecule has 0 spiro atoms. The van der Waals surface area contributed by atoms with Gasteiger partial charge in [0.1, 0.15) is 11.6 Å². The Morgan fingerprint density at radius 1 is 1.00 bits per heavy atom. The van der Waals surface area contributed by atoms with E-state index in [1.807, 2.05) is 31.2 Å². The molecule has 3 aromatic carbocycles. The molecular weight excluding hydrogens is 506 g/mol. The van der Waals surface area contributed by atoms with Gasteiger partial charge in [-0.3, -0.25) is 9.69 Å². The van der Waals surface area contributed by atoms with Crippen LogP contribution in [0, 0.1) is 11.6 Å². The fraction of sp³-hybridized carbons (Fsp3) is 0.222. The molecule has 1 atom stereocenters. The van der Waals surface area contributed by atoms with Gasteiger partial charge in [-0.15, -0.1) is 0 Å². The largest absolute Gasteiger partial charge is 0.352 e. The van der Waals surface area contributed by atoms with Gasteiger partial charge in [0, 0.05) is 41.7 Å². The lowest BCUT2D eigenvalue weighted by Crippen LogP contribution is -2.43. The first-order valence-electron chi connectivity index (χ1n) is 11.4. The van der Waals surface area contributed by atoms with Crippen molar-refractivity contribution in [3.8, 4) is 0 Å². The SMILES string of the molecule is CCNC(=O)c1ccc([C@@H](c2ccc(Cl)cc2)N2CC(=CS(=O)(=O)Cc3cc(F)cc(F)c3)C2)cc1. The van der Waals surface area contributed by atoms with Crippen LogP contribution in [0.5, 0.6) is 0 Å². The Labute approximate surface area is 214 Å². The summed E-state index contributed by atoms with van der Waals surface area (Å²) in [7, 11) is -3.72. The van der Waals surface area contributed by atoms with Crippen LogP contribution in [0.1, 0.15) is 40.0 Å². The minimum atomic E-state index is -3.72. The first-order chi connectivity index (χ1) is 17.1. The van der Waals surface area contributed by atoms with Gasteiger partial charge >= 0.3 is 0 Å². The molecule has 0 aromatic heterocycles. The Bertz CT molecular complexity index is 1360. The standard InChI is InChI=1S/C27H25ClF2N2O3S/c1-2-31-27(33)22-5-3-20(4-6-22)26(21-7-9-23(28)10-8-21)32-14-19(15-32)17-36(34,35)16-18-11-24(29)13-25(30)12-18/h3-13,17,26H,2,14-16H2,1H3,(H,31,33)/t26-/m0/s1. The van der Waals surface area contributed by atoms with Crippen molar-refractivity contribution in [1.82, 2.24) is 10.2 Å². The van der Waals surface area contributed by atoms with E-state index in [4.69, 9.17) is 11.6 Å². The molecule has 1 N–H and O–H groups in total. The van der Waals surface area contributed by atoms with E-state index >= 15 is 0 Å². The molecule has 0 saturated carbocycles. The van der Waals surface area contributed by atoms with E-state index in [2.05, 4.69) is 10.2 Å². The average molecular weight is 531 g/mol. The molecule has 1 fully saturated rings. The van der Waals surface area contributed by atoms with Crippen LogP contribution in [-0.4, -0.2) is 38.9 Å². The van der Waals surface area contributed by atoms with Gasteiger partial charge in [0.05, 0.1) is 11.8 Å². The summed E-state index contributed by atoms with van der Waals surface area (Å²) in [6.07, 6.45) is 0. The second-order valence-electron chi connectivity index (χ2n) is 8.70. The zero-order chi connectivity index (χ0) is 25.9. The van der Waals surface area contributed by atoms with Crippen LogP contribution in [0.2, 0.25) is 5.02 Å². The zero-order valence-electron chi connectivity index (χ0n) is 19.5. The fourth-order valence-corrected chi connectivity index (χ4v) is 5.79. The summed E-state index contributed by atoms with van der Waals surface area (Å²) in [6.45, 7) is 3.20. The summed E-state index contributed by atoms with van der Waals surface area (Å²) in [5.74, 6) is -2.25. The van der Waals surface area contributed by atoms with Crippen LogP contribution >= 0.6 is 11.6 Å². The molecule has 0 radical (unpaired) electrons. The lowest BCUT2D eigenvalue weighted by atomic mass is 9.92. The molecular formula is C27H25ClF2N2O3S. The number of nitrogens with one attached hydrogen (secondary N) is 1. The second-order valence-corrected chi connectivity index (χ2v) is 11.0. The van der Waals surface area contributed by atoms with Crippen molar-refractivity contribution in [2.24, 2.45) is 0 Å². The number of rotatable bonds is 8. The van der Waals surface area contributed by atoms with E-state index in [0.29, 0.717) is 41.9 Å². The number of sulfone groups is 1. The summed E-state index contributed by atoms with van der Waals surface area (Å²) in [6, 6.07) is 17.3. The highest BCUT2D eigenvalue weighted by atomic mass is 35.5. The van der Waals surface area contributed by atoms with Gasteiger partial charge in [-0.05, 0) is 65.6 Å². The Morgan fingerprint density at radius 3 is 2.11 bits per heavy atom. The highest BCUT2D eigenvalue weighted by Gasteiger charge is 2.31. The molecule has 1 amide bonds. The number of likely N-dealkylation sites (tertiary alicyclic amines) is 1. The highest BCUT2D eigenvalue weighted by molar-refractivity contribution is 7.93. The normalized spacial score (nSPS) is 14.7. The molecule has 3 aromatic rings. The molecule has 36 heavy (non-hydrogen) atoms. The van der Waals surface area contributed by atoms with Gasteiger partial charge in [0.25, 0.3) is 5.91 Å². The first kappa shape index (κ1) is 26.0. The number of benzene rings is 3. The number of hydrogen-bond acceptors (Lipinski definition) is 4. The number of amides is 1. The maximum atomic E-state index is 13.5. The van der Waals surface area contributed by atoms with Gasteiger partial charge in [-0.1, -0.05) is 35.9 Å². The molecule has 4 rings (SSSR count). The average Bonchev–Trinajstić information content (AvgIpc) is 2.78. The summed E-state index contributed by atoms with van der Waals surface area (Å²) in [5.41, 5.74) is 3.24. The van der Waals surface area contributed by atoms with E-state index < -0.39 is 27.2 Å². The summed E-state index contributed by atoms with van der Waals surface area (Å²) < 4.78 is 52.2. The maximum Gasteiger partial charge on any atom is 0.251 e. The second kappa shape index (κ2) is 10.9. The molecule has 0 unspecified atom stereocenters. The predicted molar refractivity (Wildman–Crippen MR) is 136 cm³/mol. The number of nitrogens with zero attached hydrogens (tertiary/aromatic N) is 1. The number of halogens is 3. The van der Waals surface area contributed by atoms with Crippen molar-refractivity contribution < 1.29 is 22.0 Å². The zero-order valence-corrected chi connectivity index (χ0v) is 21.1. The minimum absolute atomic E-state index is 0.0618. The quantitative estimate of drug-likeness (QED) is 0.431. The van der Waals surface area contributed by atoms with Crippen molar-refractivity contribution in [3.63, 3.8) is 0 Å². The van der Waals surface area contributed by atoms with E-state index in [0.717, 1.165) is 23.3 Å². The Kier molecular flexibility index (Phi) is 7.88. The molecule has 1 saturated heterocycles. The topological polar surface area (TPSA) is 66.5 Å². The number of carbonyl (C=O) groups is 1. The molecule has 1 heterocycles. The molecule has 0 aliphatic carbocycles. The highest BCUT2D eigenvalue weighted by Crippen LogP contribution is 2.35. The summed E-state index contributed by atoms with van der Waals surface area (Å²) in [5, 5.41) is 4.58. The van der Waals surface area contributed by atoms with Gasteiger partial charge in [-0.25, -0.2) is 17.2 Å². The van der Waals surface area contributed by atoms with E-state index in [1.54, 1.807) is 24.3 Å². The molecule has 9 heteroatoms. The third-order valence-corrected chi connectivity index (χ3v) is 7.51. The minimum Gasteiger partial charge on any atom is -0.352 e. The van der Waals surface area contributed by atoms with Crippen LogP contribution in [0.3, 0.4) is 0 Å². The van der Waals surface area contributed by atoms with Gasteiger partial charge in [0.15, 0.2) is 9.84 Å². The number of hydrogen-bond donors (Lipinski definition) is 1. The van der Waals surface area contributed by atoms with Crippen molar-refractivity contribution in [3.05, 3.63) is 117 Å². The molecule has 0 bridgehead atoms. The van der Waals surface area contributed by atoms with Crippen LogP contribution in [0.4, 0.5) is 8.78 Å². The van der Waals surface area contributed by atoms with Gasteiger partial charge in [0.2, 0.25) is 0 Å². The van der Waals surface area contributed by atoms with E-state index in [1.165, 1.54) is 5.41 Å². The van der Waals surface area contributed by atoms with Crippen LogP contribution in [0.25, 0.3) is 0 Å². The van der Waals surface area contributed by atoms with Crippen LogP contribution < -0.4 is 5.32 Å². The first-order valence-corrected chi connectivity index (χ1v) is 13.5. The predicted octanol–water partition coefficient (Wildman–Crippen LogP) is 5.27. The molecule has 5 nitrogen and oxygen atoms in total. The number of carbonyl (C=O) groups excluding carboxylic acids is 1. The lowest BCUT2D eigenvalue weighted by Gasteiger charge is -2.41. The lowest BCUT2D eigenvalue weighted by molar-refractivity contribution is 0.0955. The van der Waals surface area contributed by atoms with Gasteiger partial charge in [-0.2, -0.15) is 0 Å². The van der Waals surface area contributed by atoms with E-state index in [-0.39, 0.29) is 17.5 Å². The molecule has 188 valence electrons. The Morgan fingerprint density at radius 2 is 1.56 bits per heavy atom. The third-order valence-electron chi connectivity index (χ3n) is 5.83. The van der Waals surface area contributed by atoms with Crippen molar-refractivity contribution >= 4 is 27.3 Å². The Hall–Kier alpha value is -3.07. The van der Waals surface area contributed by atoms with Crippen molar-refractivity contribution in [2.45, 2.75) is 18.7 Å². The van der Waals surface area contributed by atoms with Gasteiger partial charge < -0.3 is 5.32 Å². The molecule has 1 aliphatic heterocycles. The van der Waals surface area contributed by atoms with Crippen LogP contribution in [-0.2, 0) is 15.6 Å². The summed E-state index contributed by atoms with van der Waals surface area (Å²) in [4.78, 5) is 14.2.